The number of benzene rings is 2. The van der Waals surface area contributed by atoms with E-state index in [4.69, 9.17) is 4.74 Å². The number of piperidine rings is 1. The number of hydrogen-bond donors (Lipinski definition) is 1. The molecule has 3 unspecified atom stereocenters. The second-order valence-electron chi connectivity index (χ2n) is 8.68. The highest BCUT2D eigenvalue weighted by Gasteiger charge is 2.34. The second-order valence-corrected chi connectivity index (χ2v) is 8.68. The topological polar surface area (TPSA) is 41.6 Å². The van der Waals surface area contributed by atoms with E-state index >= 15 is 0 Å². The van der Waals surface area contributed by atoms with Crippen LogP contribution in [0.3, 0.4) is 0 Å². The SMILES string of the molecule is COc1ccccc1-c1ccc(C(C)N(C)C(=O)CC2CC3CCC(C2)N3)cc1.Cl. The molecule has 162 valence electrons. The molecule has 2 aliphatic rings. The van der Waals surface area contributed by atoms with Crippen molar-refractivity contribution < 1.29 is 9.53 Å². The largest absolute Gasteiger partial charge is 0.496 e. The van der Waals surface area contributed by atoms with Gasteiger partial charge >= 0.3 is 0 Å². The molecule has 2 saturated heterocycles. The number of amides is 1. The minimum Gasteiger partial charge on any atom is -0.496 e. The Morgan fingerprint density at radius 1 is 1.10 bits per heavy atom. The van der Waals surface area contributed by atoms with E-state index in [1.54, 1.807) is 7.11 Å². The third kappa shape index (κ3) is 4.81. The average Bonchev–Trinajstić information content (AvgIpc) is 3.10. The Balaban J connectivity index is 0.00000256. The first kappa shape index (κ1) is 22.6. The summed E-state index contributed by atoms with van der Waals surface area (Å²) in [7, 11) is 3.64. The summed E-state index contributed by atoms with van der Waals surface area (Å²) in [5, 5.41) is 3.66. The number of nitrogens with zero attached hydrogens (tertiary/aromatic N) is 1. The standard InChI is InChI=1S/C25H32N2O2.ClH/c1-17(27(2)25(28)16-18-14-21-12-13-22(15-18)26-21)19-8-10-20(11-9-19)23-6-4-5-7-24(23)29-3;/h4-11,17-18,21-22,26H,12-16H2,1-3H3;1H. The summed E-state index contributed by atoms with van der Waals surface area (Å²) in [4.78, 5) is 14.8. The van der Waals surface area contributed by atoms with Crippen LogP contribution in [-0.2, 0) is 4.79 Å². The molecule has 2 bridgehead atoms. The summed E-state index contributed by atoms with van der Waals surface area (Å²) >= 11 is 0. The normalized spacial score (nSPS) is 23.4. The molecule has 0 aromatic heterocycles. The minimum atomic E-state index is 0. The van der Waals surface area contributed by atoms with E-state index in [9.17, 15) is 4.79 Å². The van der Waals surface area contributed by atoms with Crippen LogP contribution in [0.25, 0.3) is 11.1 Å². The first-order valence-electron chi connectivity index (χ1n) is 10.8. The predicted molar refractivity (Wildman–Crippen MR) is 124 cm³/mol. The van der Waals surface area contributed by atoms with Crippen LogP contribution in [-0.4, -0.2) is 37.0 Å². The van der Waals surface area contributed by atoms with Crippen molar-refractivity contribution in [1.82, 2.24) is 10.2 Å². The molecule has 0 spiro atoms. The van der Waals surface area contributed by atoms with E-state index in [-0.39, 0.29) is 24.4 Å². The van der Waals surface area contributed by atoms with Gasteiger partial charge in [-0.2, -0.15) is 0 Å². The van der Waals surface area contributed by atoms with Crippen molar-refractivity contribution in [3.8, 4) is 16.9 Å². The average molecular weight is 429 g/mol. The van der Waals surface area contributed by atoms with Gasteiger partial charge in [-0.1, -0.05) is 42.5 Å². The minimum absolute atomic E-state index is 0. The first-order chi connectivity index (χ1) is 14.0. The molecular formula is C25H33ClN2O2. The number of fused-ring (bicyclic) bond motifs is 2. The lowest BCUT2D eigenvalue weighted by molar-refractivity contribution is -0.133. The number of hydrogen-bond acceptors (Lipinski definition) is 3. The van der Waals surface area contributed by atoms with Gasteiger partial charge in [0, 0.05) is 31.1 Å². The highest BCUT2D eigenvalue weighted by molar-refractivity contribution is 5.85. The molecular weight excluding hydrogens is 396 g/mol. The number of carbonyl (C=O) groups is 1. The molecule has 4 rings (SSSR count). The van der Waals surface area contributed by atoms with Crippen molar-refractivity contribution in [3.05, 3.63) is 54.1 Å². The fourth-order valence-corrected chi connectivity index (χ4v) is 5.00. The Kier molecular flexibility index (Phi) is 7.43. The number of methoxy groups -OCH3 is 1. The van der Waals surface area contributed by atoms with E-state index in [1.165, 1.54) is 12.8 Å². The third-order valence-corrected chi connectivity index (χ3v) is 6.82. The fraction of sp³-hybridized carbons (Fsp3) is 0.480. The van der Waals surface area contributed by atoms with Crippen LogP contribution in [0.1, 0.15) is 50.6 Å². The number of halogens is 1. The van der Waals surface area contributed by atoms with Crippen molar-refractivity contribution in [2.24, 2.45) is 5.92 Å². The van der Waals surface area contributed by atoms with Crippen molar-refractivity contribution >= 4 is 18.3 Å². The van der Waals surface area contributed by atoms with Crippen LogP contribution in [0.15, 0.2) is 48.5 Å². The zero-order valence-electron chi connectivity index (χ0n) is 18.1. The molecule has 2 heterocycles. The Morgan fingerprint density at radius 3 is 2.37 bits per heavy atom. The fourth-order valence-electron chi connectivity index (χ4n) is 5.00. The van der Waals surface area contributed by atoms with Gasteiger partial charge < -0.3 is 15.0 Å². The van der Waals surface area contributed by atoms with Crippen LogP contribution >= 0.6 is 12.4 Å². The predicted octanol–water partition coefficient (Wildman–Crippen LogP) is 5.22. The summed E-state index contributed by atoms with van der Waals surface area (Å²) < 4.78 is 5.48. The monoisotopic (exact) mass is 428 g/mol. The van der Waals surface area contributed by atoms with E-state index in [0.717, 1.165) is 35.3 Å². The molecule has 3 atom stereocenters. The Labute approximate surface area is 186 Å². The van der Waals surface area contributed by atoms with Gasteiger partial charge in [-0.15, -0.1) is 12.4 Å². The van der Waals surface area contributed by atoms with Crippen LogP contribution in [0.4, 0.5) is 0 Å². The van der Waals surface area contributed by atoms with Crippen LogP contribution in [0.2, 0.25) is 0 Å². The molecule has 0 radical (unpaired) electrons. The van der Waals surface area contributed by atoms with E-state index in [2.05, 4.69) is 42.6 Å². The Morgan fingerprint density at radius 2 is 1.73 bits per heavy atom. The molecule has 30 heavy (non-hydrogen) atoms. The van der Waals surface area contributed by atoms with Crippen LogP contribution < -0.4 is 10.1 Å². The third-order valence-electron chi connectivity index (χ3n) is 6.82. The Hall–Kier alpha value is -2.04. The molecule has 4 nitrogen and oxygen atoms in total. The molecule has 1 N–H and O–H groups in total. The maximum atomic E-state index is 12.9. The summed E-state index contributed by atoms with van der Waals surface area (Å²) in [5.74, 6) is 1.66. The van der Waals surface area contributed by atoms with Crippen molar-refractivity contribution in [2.75, 3.05) is 14.2 Å². The highest BCUT2D eigenvalue weighted by atomic mass is 35.5. The van der Waals surface area contributed by atoms with Gasteiger partial charge in [0.1, 0.15) is 5.75 Å². The van der Waals surface area contributed by atoms with Crippen LogP contribution in [0, 0.1) is 5.92 Å². The number of ether oxygens (including phenoxy) is 1. The van der Waals surface area contributed by atoms with Gasteiger partial charge in [0.05, 0.1) is 13.2 Å². The molecule has 2 fully saturated rings. The highest BCUT2D eigenvalue weighted by Crippen LogP contribution is 2.34. The number of carbonyl (C=O) groups excluding carboxylic acids is 1. The number of nitrogens with one attached hydrogen (secondary N) is 1. The summed E-state index contributed by atoms with van der Waals surface area (Å²) in [6, 6.07) is 17.9. The maximum absolute atomic E-state index is 12.9. The lowest BCUT2D eigenvalue weighted by Gasteiger charge is -2.31. The summed E-state index contributed by atoms with van der Waals surface area (Å²) in [6.45, 7) is 2.11. The smallest absolute Gasteiger partial charge is 0.223 e. The van der Waals surface area contributed by atoms with Crippen molar-refractivity contribution in [1.29, 1.82) is 0 Å². The molecule has 5 heteroatoms. The quantitative estimate of drug-likeness (QED) is 0.685. The Bertz CT molecular complexity index is 842. The van der Waals surface area contributed by atoms with E-state index in [1.807, 2.05) is 30.1 Å². The molecule has 0 aliphatic carbocycles. The number of rotatable bonds is 6. The van der Waals surface area contributed by atoms with Gasteiger partial charge in [-0.25, -0.2) is 0 Å². The van der Waals surface area contributed by atoms with Gasteiger partial charge in [0.2, 0.25) is 5.91 Å². The maximum Gasteiger partial charge on any atom is 0.223 e. The summed E-state index contributed by atoms with van der Waals surface area (Å²) in [5.41, 5.74) is 3.36. The molecule has 2 aromatic rings. The zero-order valence-corrected chi connectivity index (χ0v) is 19.0. The molecule has 1 amide bonds. The van der Waals surface area contributed by atoms with Crippen molar-refractivity contribution in [2.45, 2.75) is 57.2 Å². The van der Waals surface area contributed by atoms with E-state index < -0.39 is 0 Å². The number of para-hydroxylation sites is 1. The lowest BCUT2D eigenvalue weighted by Crippen LogP contribution is -2.40. The van der Waals surface area contributed by atoms with Gasteiger partial charge in [0.15, 0.2) is 0 Å². The molecule has 0 saturated carbocycles. The second kappa shape index (κ2) is 9.84. The zero-order chi connectivity index (χ0) is 20.4. The van der Waals surface area contributed by atoms with Gasteiger partial charge in [-0.05, 0) is 55.7 Å². The molecule has 2 aromatic carbocycles. The van der Waals surface area contributed by atoms with Gasteiger partial charge in [0.25, 0.3) is 0 Å². The lowest BCUT2D eigenvalue weighted by atomic mass is 9.89. The van der Waals surface area contributed by atoms with Gasteiger partial charge in [-0.3, -0.25) is 4.79 Å². The van der Waals surface area contributed by atoms with Crippen LogP contribution in [0.5, 0.6) is 5.75 Å². The van der Waals surface area contributed by atoms with Crippen molar-refractivity contribution in [3.63, 3.8) is 0 Å². The summed E-state index contributed by atoms with van der Waals surface area (Å²) in [6.07, 6.45) is 5.53. The van der Waals surface area contributed by atoms with E-state index in [0.29, 0.717) is 24.4 Å². The first-order valence-corrected chi connectivity index (χ1v) is 10.8. The molecule has 2 aliphatic heterocycles.